The number of nitrogens with one attached hydrogen (secondary N) is 1. The molecular formula is C28H17Cl3N4O3. The highest BCUT2D eigenvalue weighted by Gasteiger charge is 2.38. The van der Waals surface area contributed by atoms with Crippen LogP contribution in [0.15, 0.2) is 84.0 Å². The highest BCUT2D eigenvalue weighted by molar-refractivity contribution is 6.41. The quantitative estimate of drug-likeness (QED) is 0.290. The second kappa shape index (κ2) is 9.44. The lowest BCUT2D eigenvalue weighted by Gasteiger charge is -2.27. The predicted molar refractivity (Wildman–Crippen MR) is 148 cm³/mol. The Morgan fingerprint density at radius 3 is 2.11 bits per heavy atom. The van der Waals surface area contributed by atoms with Gasteiger partial charge in [-0.2, -0.15) is 10.1 Å². The standard InChI is InChI=1S/C28H17Cl3N4O3/c29-17-9-7-15(8-10-17)24-14-22(32-34(24)23-12-11-18(30)13-21(23)31)26(36)33-35-27(37)19-5-1-3-16-4-2-6-20(25(16)19)28(35)38/h1-13,24H,14H2,(H,33,36). The average Bonchev–Trinajstić information content (AvgIpc) is 3.35. The molecule has 0 fully saturated rings. The fourth-order valence-corrected chi connectivity index (χ4v) is 5.40. The van der Waals surface area contributed by atoms with Crippen molar-refractivity contribution in [3.8, 4) is 0 Å². The number of amides is 3. The van der Waals surface area contributed by atoms with Crippen molar-refractivity contribution in [2.75, 3.05) is 5.01 Å². The Morgan fingerprint density at radius 2 is 1.47 bits per heavy atom. The van der Waals surface area contributed by atoms with Crippen LogP contribution in [0.3, 0.4) is 0 Å². The smallest absolute Gasteiger partial charge is 0.267 e. The van der Waals surface area contributed by atoms with Gasteiger partial charge in [-0.25, -0.2) is 0 Å². The molecule has 0 aliphatic carbocycles. The van der Waals surface area contributed by atoms with Gasteiger partial charge >= 0.3 is 0 Å². The van der Waals surface area contributed by atoms with E-state index in [-0.39, 0.29) is 12.1 Å². The summed E-state index contributed by atoms with van der Waals surface area (Å²) in [5.41, 5.74) is 4.66. The Kier molecular flexibility index (Phi) is 6.07. The van der Waals surface area contributed by atoms with Crippen molar-refractivity contribution in [3.05, 3.63) is 111 Å². The maximum Gasteiger partial charge on any atom is 0.286 e. The largest absolute Gasteiger partial charge is 0.286 e. The van der Waals surface area contributed by atoms with Gasteiger partial charge in [0.25, 0.3) is 17.7 Å². The zero-order valence-corrected chi connectivity index (χ0v) is 21.8. The van der Waals surface area contributed by atoms with Crippen LogP contribution in [0, 0.1) is 0 Å². The number of imide groups is 1. The molecule has 7 nitrogen and oxygen atoms in total. The van der Waals surface area contributed by atoms with Gasteiger partial charge in [-0.3, -0.25) is 24.8 Å². The third-order valence-corrected chi connectivity index (χ3v) is 7.36. The van der Waals surface area contributed by atoms with E-state index >= 15 is 0 Å². The lowest BCUT2D eigenvalue weighted by atomic mass is 9.95. The number of hydrogen-bond donors (Lipinski definition) is 1. The number of nitrogens with zero attached hydrogens (tertiary/aromatic N) is 3. The summed E-state index contributed by atoms with van der Waals surface area (Å²) in [4.78, 5) is 39.9. The van der Waals surface area contributed by atoms with Crippen LogP contribution in [0.25, 0.3) is 10.8 Å². The number of hydrazine groups is 1. The maximum absolute atomic E-state index is 13.4. The van der Waals surface area contributed by atoms with Crippen LogP contribution in [0.4, 0.5) is 5.69 Å². The molecular weight excluding hydrogens is 547 g/mol. The van der Waals surface area contributed by atoms with Crippen LogP contribution >= 0.6 is 34.8 Å². The highest BCUT2D eigenvalue weighted by Crippen LogP contribution is 2.40. The first-order valence-corrected chi connectivity index (χ1v) is 12.7. The number of carbonyl (C=O) groups excluding carboxylic acids is 3. The van der Waals surface area contributed by atoms with E-state index in [0.29, 0.717) is 37.3 Å². The molecule has 0 saturated heterocycles. The topological polar surface area (TPSA) is 82.1 Å². The molecule has 1 N–H and O–H groups in total. The number of hydrogen-bond acceptors (Lipinski definition) is 5. The second-order valence-corrected chi connectivity index (χ2v) is 10.1. The van der Waals surface area contributed by atoms with E-state index in [4.69, 9.17) is 34.8 Å². The first-order chi connectivity index (χ1) is 18.3. The van der Waals surface area contributed by atoms with Crippen LogP contribution in [0.1, 0.15) is 38.7 Å². The van der Waals surface area contributed by atoms with E-state index in [0.717, 1.165) is 16.0 Å². The van der Waals surface area contributed by atoms with Crippen LogP contribution in [-0.4, -0.2) is 28.4 Å². The van der Waals surface area contributed by atoms with Crippen molar-refractivity contribution in [1.29, 1.82) is 0 Å². The van der Waals surface area contributed by atoms with Crippen molar-refractivity contribution in [3.63, 3.8) is 0 Å². The van der Waals surface area contributed by atoms with Gasteiger partial charge in [-0.1, -0.05) is 71.2 Å². The maximum atomic E-state index is 13.4. The molecule has 0 spiro atoms. The number of hydrazone groups is 1. The molecule has 2 aliphatic rings. The van der Waals surface area contributed by atoms with Gasteiger partial charge in [0.05, 0.1) is 27.9 Å². The fraction of sp³-hybridized carbons (Fsp3) is 0.0714. The van der Waals surface area contributed by atoms with Gasteiger partial charge in [0.15, 0.2) is 0 Å². The third kappa shape index (κ3) is 4.09. The molecule has 10 heteroatoms. The Hall–Kier alpha value is -3.91. The van der Waals surface area contributed by atoms with E-state index in [1.54, 1.807) is 59.6 Å². The molecule has 1 atom stereocenters. The summed E-state index contributed by atoms with van der Waals surface area (Å²) in [6, 6.07) is 22.2. The molecule has 3 amide bonds. The minimum absolute atomic E-state index is 0.119. The summed E-state index contributed by atoms with van der Waals surface area (Å²) in [7, 11) is 0. The minimum Gasteiger partial charge on any atom is -0.267 e. The molecule has 38 heavy (non-hydrogen) atoms. The summed E-state index contributed by atoms with van der Waals surface area (Å²) in [6.07, 6.45) is 0.189. The molecule has 0 radical (unpaired) electrons. The molecule has 4 aromatic carbocycles. The Bertz CT molecular complexity index is 1640. The first kappa shape index (κ1) is 24.4. The number of halogens is 3. The van der Waals surface area contributed by atoms with Crippen molar-refractivity contribution in [2.24, 2.45) is 5.10 Å². The number of rotatable bonds is 4. The van der Waals surface area contributed by atoms with Crippen LogP contribution < -0.4 is 10.4 Å². The van der Waals surface area contributed by atoms with Gasteiger partial charge in [0.2, 0.25) is 0 Å². The van der Waals surface area contributed by atoms with E-state index in [1.165, 1.54) is 0 Å². The van der Waals surface area contributed by atoms with Gasteiger partial charge in [0.1, 0.15) is 5.71 Å². The number of benzene rings is 4. The molecule has 0 bridgehead atoms. The molecule has 6 rings (SSSR count). The second-order valence-electron chi connectivity index (χ2n) is 8.85. The van der Waals surface area contributed by atoms with Crippen LogP contribution in [0.5, 0.6) is 0 Å². The summed E-state index contributed by atoms with van der Waals surface area (Å²) in [5, 5.41) is 9.66. The summed E-state index contributed by atoms with van der Waals surface area (Å²) in [5.74, 6) is -1.90. The monoisotopic (exact) mass is 562 g/mol. The molecule has 188 valence electrons. The Morgan fingerprint density at radius 1 is 0.842 bits per heavy atom. The van der Waals surface area contributed by atoms with Gasteiger partial charge < -0.3 is 0 Å². The lowest BCUT2D eigenvalue weighted by molar-refractivity contribution is -0.117. The summed E-state index contributed by atoms with van der Waals surface area (Å²) in [6.45, 7) is 0. The zero-order valence-electron chi connectivity index (χ0n) is 19.5. The normalized spacial score (nSPS) is 16.7. The van der Waals surface area contributed by atoms with Crippen molar-refractivity contribution in [2.45, 2.75) is 12.5 Å². The van der Waals surface area contributed by atoms with Gasteiger partial charge in [0, 0.05) is 21.9 Å². The SMILES string of the molecule is O=C(NN1C(=O)c2cccc3cccc(c23)C1=O)C1=NN(c2ccc(Cl)cc2Cl)C(c2ccc(Cl)cc2)C1. The molecule has 1 unspecified atom stereocenters. The summed E-state index contributed by atoms with van der Waals surface area (Å²) >= 11 is 18.7. The zero-order chi connectivity index (χ0) is 26.6. The molecule has 0 aromatic heterocycles. The van der Waals surface area contributed by atoms with E-state index < -0.39 is 23.8 Å². The number of anilines is 1. The summed E-state index contributed by atoms with van der Waals surface area (Å²) < 4.78 is 0. The highest BCUT2D eigenvalue weighted by atomic mass is 35.5. The molecule has 0 saturated carbocycles. The van der Waals surface area contributed by atoms with Gasteiger partial charge in [-0.15, -0.1) is 0 Å². The third-order valence-electron chi connectivity index (χ3n) is 6.57. The van der Waals surface area contributed by atoms with E-state index in [2.05, 4.69) is 10.5 Å². The molecule has 2 aliphatic heterocycles. The van der Waals surface area contributed by atoms with Crippen LogP contribution in [0.2, 0.25) is 15.1 Å². The van der Waals surface area contributed by atoms with Gasteiger partial charge in [-0.05, 0) is 53.4 Å². The fourth-order valence-electron chi connectivity index (χ4n) is 4.78. The lowest BCUT2D eigenvalue weighted by Crippen LogP contribution is -2.53. The average molecular weight is 564 g/mol. The van der Waals surface area contributed by atoms with Crippen LogP contribution in [-0.2, 0) is 4.79 Å². The molecule has 2 heterocycles. The van der Waals surface area contributed by atoms with Crippen molar-refractivity contribution in [1.82, 2.24) is 10.4 Å². The van der Waals surface area contributed by atoms with E-state index in [9.17, 15) is 14.4 Å². The van der Waals surface area contributed by atoms with Crippen molar-refractivity contribution < 1.29 is 14.4 Å². The minimum atomic E-state index is -0.676. The molecule has 4 aromatic rings. The number of carbonyl (C=O) groups is 3. The Balaban J connectivity index is 1.33. The van der Waals surface area contributed by atoms with E-state index in [1.807, 2.05) is 24.3 Å². The first-order valence-electron chi connectivity index (χ1n) is 11.6. The Labute approximate surface area is 232 Å². The predicted octanol–water partition coefficient (Wildman–Crippen LogP) is 6.43. The van der Waals surface area contributed by atoms with Crippen molar-refractivity contribution >= 4 is 74.7 Å².